The molecule has 0 unspecified atom stereocenters. The number of hydrogen-bond donors (Lipinski definition) is 1. The third-order valence-electron chi connectivity index (χ3n) is 3.63. The summed E-state index contributed by atoms with van der Waals surface area (Å²) < 4.78 is 38.4. The van der Waals surface area contributed by atoms with Crippen LogP contribution in [0.2, 0.25) is 0 Å². The van der Waals surface area contributed by atoms with E-state index in [1.54, 1.807) is 31.2 Å². The van der Waals surface area contributed by atoms with Gasteiger partial charge in [-0.1, -0.05) is 12.1 Å². The zero-order chi connectivity index (χ0) is 17.3. The highest BCUT2D eigenvalue weighted by Gasteiger charge is 2.19. The Kier molecular flexibility index (Phi) is 4.29. The summed E-state index contributed by atoms with van der Waals surface area (Å²) in [7, 11) is -2.24. The lowest BCUT2D eigenvalue weighted by molar-refractivity contribution is 0.402. The van der Waals surface area contributed by atoms with Crippen molar-refractivity contribution in [2.75, 3.05) is 7.11 Å². The molecule has 0 amide bonds. The van der Waals surface area contributed by atoms with E-state index in [-0.39, 0.29) is 11.4 Å². The normalized spacial score (nSPS) is 11.8. The lowest BCUT2D eigenvalue weighted by Crippen LogP contribution is -2.23. The summed E-state index contributed by atoms with van der Waals surface area (Å²) >= 11 is 0. The molecular formula is C17H18N2O4S. The van der Waals surface area contributed by atoms with Crippen LogP contribution in [-0.4, -0.2) is 20.5 Å². The molecule has 0 aliphatic heterocycles. The molecule has 0 aliphatic carbocycles. The number of hydrogen-bond acceptors (Lipinski definition) is 5. The molecule has 2 aromatic carbocycles. The van der Waals surface area contributed by atoms with E-state index in [0.29, 0.717) is 17.2 Å². The number of benzene rings is 2. The van der Waals surface area contributed by atoms with Crippen molar-refractivity contribution in [3.8, 4) is 5.75 Å². The summed E-state index contributed by atoms with van der Waals surface area (Å²) in [5.41, 5.74) is 3.01. The van der Waals surface area contributed by atoms with Gasteiger partial charge in [-0.3, -0.25) is 0 Å². The van der Waals surface area contributed by atoms with E-state index in [4.69, 9.17) is 9.15 Å². The summed E-state index contributed by atoms with van der Waals surface area (Å²) in [5.74, 6) is 0.890. The van der Waals surface area contributed by atoms with Crippen molar-refractivity contribution in [3.63, 3.8) is 0 Å². The third kappa shape index (κ3) is 3.27. The SMILES string of the molecule is COc1ccc(C)cc1S(=O)(=O)NCc1ccc2nc(C)oc2c1. The van der Waals surface area contributed by atoms with E-state index in [2.05, 4.69) is 9.71 Å². The first-order valence-corrected chi connectivity index (χ1v) is 8.88. The van der Waals surface area contributed by atoms with Crippen molar-refractivity contribution in [2.45, 2.75) is 25.3 Å². The van der Waals surface area contributed by atoms with Crippen LogP contribution < -0.4 is 9.46 Å². The van der Waals surface area contributed by atoms with E-state index in [1.165, 1.54) is 7.11 Å². The Hall–Kier alpha value is -2.38. The molecule has 3 rings (SSSR count). The summed E-state index contributed by atoms with van der Waals surface area (Å²) in [6, 6.07) is 10.4. The highest BCUT2D eigenvalue weighted by Crippen LogP contribution is 2.25. The zero-order valence-electron chi connectivity index (χ0n) is 13.7. The van der Waals surface area contributed by atoms with Crippen LogP contribution in [0.25, 0.3) is 11.1 Å². The van der Waals surface area contributed by atoms with E-state index in [0.717, 1.165) is 16.6 Å². The predicted octanol–water partition coefficient (Wildman–Crippen LogP) is 2.93. The monoisotopic (exact) mass is 346 g/mol. The lowest BCUT2D eigenvalue weighted by Gasteiger charge is -2.11. The van der Waals surface area contributed by atoms with E-state index >= 15 is 0 Å². The average Bonchev–Trinajstić information content (AvgIpc) is 2.92. The molecule has 0 saturated carbocycles. The van der Waals surface area contributed by atoms with E-state index in [9.17, 15) is 8.42 Å². The van der Waals surface area contributed by atoms with Crippen LogP contribution in [0.4, 0.5) is 0 Å². The first-order valence-electron chi connectivity index (χ1n) is 7.39. The summed E-state index contributed by atoms with van der Waals surface area (Å²) in [6.45, 7) is 3.75. The van der Waals surface area contributed by atoms with Gasteiger partial charge in [-0.15, -0.1) is 0 Å². The second-order valence-corrected chi connectivity index (χ2v) is 7.25. The van der Waals surface area contributed by atoms with E-state index in [1.807, 2.05) is 19.1 Å². The molecule has 1 heterocycles. The first-order chi connectivity index (χ1) is 11.4. The van der Waals surface area contributed by atoms with Crippen LogP contribution in [0.5, 0.6) is 5.75 Å². The van der Waals surface area contributed by atoms with Gasteiger partial charge in [0.15, 0.2) is 11.5 Å². The van der Waals surface area contributed by atoms with Gasteiger partial charge in [-0.05, 0) is 42.3 Å². The maximum absolute atomic E-state index is 12.6. The Labute approximate surface area is 140 Å². The first kappa shape index (κ1) is 16.5. The average molecular weight is 346 g/mol. The molecule has 126 valence electrons. The topological polar surface area (TPSA) is 81.4 Å². The molecule has 0 atom stereocenters. The molecule has 0 spiro atoms. The molecule has 6 nitrogen and oxygen atoms in total. The van der Waals surface area contributed by atoms with Crippen LogP contribution in [0.15, 0.2) is 45.7 Å². The second kappa shape index (κ2) is 6.26. The number of nitrogens with one attached hydrogen (secondary N) is 1. The largest absolute Gasteiger partial charge is 0.495 e. The third-order valence-corrected chi connectivity index (χ3v) is 5.06. The molecule has 1 N–H and O–H groups in total. The van der Waals surface area contributed by atoms with Gasteiger partial charge in [0.1, 0.15) is 16.2 Å². The Balaban J connectivity index is 1.85. The van der Waals surface area contributed by atoms with Gasteiger partial charge in [0, 0.05) is 13.5 Å². The van der Waals surface area contributed by atoms with Crippen molar-refractivity contribution >= 4 is 21.1 Å². The molecular weight excluding hydrogens is 328 g/mol. The Morgan fingerprint density at radius 3 is 2.71 bits per heavy atom. The fraction of sp³-hybridized carbons (Fsp3) is 0.235. The van der Waals surface area contributed by atoms with Gasteiger partial charge in [-0.2, -0.15) is 0 Å². The summed E-state index contributed by atoms with van der Waals surface area (Å²) in [4.78, 5) is 4.35. The van der Waals surface area contributed by atoms with Crippen LogP contribution in [0.1, 0.15) is 17.0 Å². The minimum absolute atomic E-state index is 0.126. The van der Waals surface area contributed by atoms with E-state index < -0.39 is 10.0 Å². The molecule has 3 aromatic rings. The molecule has 24 heavy (non-hydrogen) atoms. The maximum atomic E-state index is 12.6. The number of sulfonamides is 1. The van der Waals surface area contributed by atoms with Gasteiger partial charge in [0.25, 0.3) is 0 Å². The number of nitrogens with zero attached hydrogens (tertiary/aromatic N) is 1. The minimum atomic E-state index is -3.69. The van der Waals surface area contributed by atoms with Crippen LogP contribution in [0, 0.1) is 13.8 Å². The lowest BCUT2D eigenvalue weighted by atomic mass is 10.2. The van der Waals surface area contributed by atoms with Gasteiger partial charge >= 0.3 is 0 Å². The maximum Gasteiger partial charge on any atom is 0.244 e. The summed E-state index contributed by atoms with van der Waals surface area (Å²) in [6.07, 6.45) is 0. The van der Waals surface area contributed by atoms with Crippen LogP contribution in [-0.2, 0) is 16.6 Å². The number of methoxy groups -OCH3 is 1. The second-order valence-electron chi connectivity index (χ2n) is 5.51. The molecule has 0 radical (unpaired) electrons. The number of ether oxygens (including phenoxy) is 1. The highest BCUT2D eigenvalue weighted by atomic mass is 32.2. The molecule has 0 aliphatic rings. The molecule has 0 bridgehead atoms. The Morgan fingerprint density at radius 2 is 1.96 bits per heavy atom. The number of oxazole rings is 1. The fourth-order valence-corrected chi connectivity index (χ4v) is 3.71. The van der Waals surface area contributed by atoms with Gasteiger partial charge in [-0.25, -0.2) is 18.1 Å². The van der Waals surface area contributed by atoms with Crippen molar-refractivity contribution in [3.05, 3.63) is 53.4 Å². The zero-order valence-corrected chi connectivity index (χ0v) is 14.5. The standard InChI is InChI=1S/C17H18N2O4S/c1-11-4-7-15(22-3)17(8-11)24(20,21)18-10-13-5-6-14-16(9-13)23-12(2)19-14/h4-9,18H,10H2,1-3H3. The van der Waals surface area contributed by atoms with Gasteiger partial charge in [0.2, 0.25) is 10.0 Å². The Morgan fingerprint density at radius 1 is 1.17 bits per heavy atom. The van der Waals surface area contributed by atoms with Crippen molar-refractivity contribution < 1.29 is 17.6 Å². The Bertz CT molecular complexity index is 993. The molecule has 7 heteroatoms. The van der Waals surface area contributed by atoms with Crippen LogP contribution in [0.3, 0.4) is 0 Å². The van der Waals surface area contributed by atoms with Crippen molar-refractivity contribution in [1.29, 1.82) is 0 Å². The van der Waals surface area contributed by atoms with Gasteiger partial charge in [0.05, 0.1) is 7.11 Å². The van der Waals surface area contributed by atoms with Crippen molar-refractivity contribution in [1.82, 2.24) is 9.71 Å². The van der Waals surface area contributed by atoms with Gasteiger partial charge < -0.3 is 9.15 Å². The molecule has 0 fully saturated rings. The molecule has 1 aromatic heterocycles. The van der Waals surface area contributed by atoms with Crippen molar-refractivity contribution in [2.24, 2.45) is 0 Å². The smallest absolute Gasteiger partial charge is 0.244 e. The van der Waals surface area contributed by atoms with Crippen LogP contribution >= 0.6 is 0 Å². The number of rotatable bonds is 5. The number of aromatic nitrogens is 1. The fourth-order valence-electron chi connectivity index (χ4n) is 2.44. The quantitative estimate of drug-likeness (QED) is 0.768. The number of aryl methyl sites for hydroxylation is 2. The summed E-state index contributed by atoms with van der Waals surface area (Å²) in [5, 5.41) is 0. The predicted molar refractivity (Wildman–Crippen MR) is 90.5 cm³/mol. The minimum Gasteiger partial charge on any atom is -0.495 e. The highest BCUT2D eigenvalue weighted by molar-refractivity contribution is 7.89. The number of fused-ring (bicyclic) bond motifs is 1. The molecule has 0 saturated heterocycles.